The fraction of sp³-hybridized carbons (Fsp3) is 0.182. The molecule has 94 valence electrons. The zero-order chi connectivity index (χ0) is 13.3. The SMILES string of the molecule is Cc1ncc([N+](=O)[O-])n1Cc1ccc(Cl)cc1Cl. The van der Waals surface area contributed by atoms with Crippen LogP contribution in [-0.2, 0) is 6.54 Å². The Labute approximate surface area is 113 Å². The molecule has 0 spiro atoms. The van der Waals surface area contributed by atoms with Gasteiger partial charge in [-0.05, 0) is 17.1 Å². The molecule has 18 heavy (non-hydrogen) atoms. The Kier molecular flexibility index (Phi) is 3.54. The average molecular weight is 286 g/mol. The first-order chi connectivity index (χ1) is 8.49. The van der Waals surface area contributed by atoms with E-state index in [0.717, 1.165) is 5.56 Å². The number of imidazole rings is 1. The zero-order valence-corrected chi connectivity index (χ0v) is 10.9. The minimum absolute atomic E-state index is 0.0569. The fourth-order valence-electron chi connectivity index (χ4n) is 1.62. The van der Waals surface area contributed by atoms with Crippen LogP contribution in [0.5, 0.6) is 0 Å². The van der Waals surface area contributed by atoms with Gasteiger partial charge in [-0.1, -0.05) is 29.3 Å². The normalized spacial score (nSPS) is 10.6. The lowest BCUT2D eigenvalue weighted by atomic mass is 10.2. The highest BCUT2D eigenvalue weighted by atomic mass is 35.5. The third-order valence-electron chi connectivity index (χ3n) is 2.56. The fourth-order valence-corrected chi connectivity index (χ4v) is 2.09. The Morgan fingerprint density at radius 2 is 2.17 bits per heavy atom. The van der Waals surface area contributed by atoms with Crippen LogP contribution in [0.3, 0.4) is 0 Å². The van der Waals surface area contributed by atoms with Crippen LogP contribution in [0.4, 0.5) is 5.82 Å². The highest BCUT2D eigenvalue weighted by Gasteiger charge is 2.18. The Hall–Kier alpha value is -1.59. The number of nitro groups is 1. The number of halogens is 2. The van der Waals surface area contributed by atoms with E-state index in [1.54, 1.807) is 25.1 Å². The van der Waals surface area contributed by atoms with Crippen LogP contribution < -0.4 is 0 Å². The molecule has 2 rings (SSSR count). The molecule has 1 heterocycles. The smallest absolute Gasteiger partial charge is 0.343 e. The van der Waals surface area contributed by atoms with Gasteiger partial charge >= 0.3 is 5.82 Å². The maximum atomic E-state index is 10.9. The van der Waals surface area contributed by atoms with Crippen LogP contribution in [0.1, 0.15) is 11.4 Å². The Balaban J connectivity index is 2.39. The second-order valence-corrected chi connectivity index (χ2v) is 4.59. The molecule has 0 unspecified atom stereocenters. The molecule has 0 radical (unpaired) electrons. The third kappa shape index (κ3) is 2.47. The van der Waals surface area contributed by atoms with Crippen LogP contribution in [0.15, 0.2) is 24.4 Å². The molecule has 0 N–H and O–H groups in total. The number of aryl methyl sites for hydroxylation is 1. The molecule has 0 saturated carbocycles. The van der Waals surface area contributed by atoms with Gasteiger partial charge in [0.1, 0.15) is 12.7 Å². The summed E-state index contributed by atoms with van der Waals surface area (Å²) in [6, 6.07) is 5.05. The van der Waals surface area contributed by atoms with Crippen molar-refractivity contribution >= 4 is 29.0 Å². The summed E-state index contributed by atoms with van der Waals surface area (Å²) in [5.41, 5.74) is 0.755. The van der Waals surface area contributed by atoms with E-state index in [9.17, 15) is 10.1 Å². The van der Waals surface area contributed by atoms with E-state index in [0.29, 0.717) is 15.9 Å². The number of nitrogens with zero attached hydrogens (tertiary/aromatic N) is 3. The number of rotatable bonds is 3. The first-order valence-corrected chi connectivity index (χ1v) is 5.85. The van der Waals surface area contributed by atoms with Gasteiger partial charge < -0.3 is 10.1 Å². The molecule has 1 aromatic carbocycles. The van der Waals surface area contributed by atoms with Crippen LogP contribution in [0.2, 0.25) is 10.0 Å². The number of benzene rings is 1. The Morgan fingerprint density at radius 1 is 1.44 bits per heavy atom. The molecule has 0 amide bonds. The van der Waals surface area contributed by atoms with Crippen LogP contribution in [0.25, 0.3) is 0 Å². The second kappa shape index (κ2) is 4.96. The van der Waals surface area contributed by atoms with Gasteiger partial charge in [0, 0.05) is 22.5 Å². The molecule has 1 aromatic heterocycles. The average Bonchev–Trinajstić information content (AvgIpc) is 2.64. The zero-order valence-electron chi connectivity index (χ0n) is 9.43. The molecule has 0 aliphatic rings. The first kappa shape index (κ1) is 12.9. The van der Waals surface area contributed by atoms with E-state index < -0.39 is 4.92 Å². The van der Waals surface area contributed by atoms with Crippen molar-refractivity contribution in [2.75, 3.05) is 0 Å². The lowest BCUT2D eigenvalue weighted by molar-refractivity contribution is -0.392. The summed E-state index contributed by atoms with van der Waals surface area (Å²) < 4.78 is 1.50. The van der Waals surface area contributed by atoms with Crippen LogP contribution in [0, 0.1) is 17.0 Å². The lowest BCUT2D eigenvalue weighted by Crippen LogP contribution is -2.06. The molecule has 0 atom stereocenters. The molecule has 0 saturated heterocycles. The maximum Gasteiger partial charge on any atom is 0.343 e. The predicted octanol–water partition coefficient (Wildman–Crippen LogP) is 3.45. The molecule has 5 nitrogen and oxygen atoms in total. The van der Waals surface area contributed by atoms with Gasteiger partial charge in [0.25, 0.3) is 0 Å². The topological polar surface area (TPSA) is 61.0 Å². The largest absolute Gasteiger partial charge is 0.358 e. The summed E-state index contributed by atoms with van der Waals surface area (Å²) in [5.74, 6) is 0.506. The second-order valence-electron chi connectivity index (χ2n) is 3.74. The van der Waals surface area contributed by atoms with Gasteiger partial charge in [-0.3, -0.25) is 0 Å². The summed E-state index contributed by atoms with van der Waals surface area (Å²) in [6.45, 7) is 2.00. The molecule has 2 aromatic rings. The van der Waals surface area contributed by atoms with Crippen molar-refractivity contribution in [1.29, 1.82) is 0 Å². The van der Waals surface area contributed by atoms with E-state index in [4.69, 9.17) is 23.2 Å². The summed E-state index contributed by atoms with van der Waals surface area (Å²) in [7, 11) is 0. The first-order valence-electron chi connectivity index (χ1n) is 5.09. The molecular weight excluding hydrogens is 277 g/mol. The monoisotopic (exact) mass is 285 g/mol. The van der Waals surface area contributed by atoms with Gasteiger partial charge in [0.15, 0.2) is 5.82 Å². The molecule has 7 heteroatoms. The van der Waals surface area contributed by atoms with E-state index in [1.807, 2.05) is 0 Å². The maximum absolute atomic E-state index is 10.9. The highest BCUT2D eigenvalue weighted by molar-refractivity contribution is 6.35. The van der Waals surface area contributed by atoms with E-state index >= 15 is 0 Å². The van der Waals surface area contributed by atoms with Gasteiger partial charge in [-0.25, -0.2) is 9.55 Å². The molecular formula is C11H9Cl2N3O2. The number of hydrogen-bond acceptors (Lipinski definition) is 3. The summed E-state index contributed by atoms with van der Waals surface area (Å²) in [5, 5.41) is 11.9. The molecule has 0 aliphatic carbocycles. The van der Waals surface area contributed by atoms with Gasteiger partial charge in [-0.2, -0.15) is 0 Å². The molecule has 0 fully saturated rings. The van der Waals surface area contributed by atoms with Gasteiger partial charge in [0.2, 0.25) is 0 Å². The van der Waals surface area contributed by atoms with Crippen molar-refractivity contribution in [3.05, 3.63) is 55.9 Å². The van der Waals surface area contributed by atoms with Crippen molar-refractivity contribution < 1.29 is 4.92 Å². The molecule has 0 bridgehead atoms. The van der Waals surface area contributed by atoms with E-state index in [2.05, 4.69) is 4.98 Å². The van der Waals surface area contributed by atoms with Crippen molar-refractivity contribution in [2.24, 2.45) is 0 Å². The predicted molar refractivity (Wildman–Crippen MR) is 69.2 cm³/mol. The quantitative estimate of drug-likeness (QED) is 0.641. The summed E-state index contributed by atoms with van der Waals surface area (Å²) in [4.78, 5) is 14.3. The Bertz CT molecular complexity index is 610. The van der Waals surface area contributed by atoms with Crippen molar-refractivity contribution in [3.8, 4) is 0 Å². The summed E-state index contributed by atoms with van der Waals surface area (Å²) in [6.07, 6.45) is 1.24. The van der Waals surface area contributed by atoms with Crippen molar-refractivity contribution in [1.82, 2.24) is 9.55 Å². The van der Waals surface area contributed by atoms with Crippen LogP contribution >= 0.6 is 23.2 Å². The van der Waals surface area contributed by atoms with E-state index in [-0.39, 0.29) is 12.4 Å². The number of aromatic nitrogens is 2. The Morgan fingerprint density at radius 3 is 2.78 bits per heavy atom. The van der Waals surface area contributed by atoms with Gasteiger partial charge in [-0.15, -0.1) is 0 Å². The third-order valence-corrected chi connectivity index (χ3v) is 3.15. The minimum Gasteiger partial charge on any atom is -0.358 e. The van der Waals surface area contributed by atoms with E-state index in [1.165, 1.54) is 10.8 Å². The van der Waals surface area contributed by atoms with Crippen molar-refractivity contribution in [2.45, 2.75) is 13.5 Å². The summed E-state index contributed by atoms with van der Waals surface area (Å²) >= 11 is 11.8. The highest BCUT2D eigenvalue weighted by Crippen LogP contribution is 2.24. The lowest BCUT2D eigenvalue weighted by Gasteiger charge is -2.05. The molecule has 0 aliphatic heterocycles. The minimum atomic E-state index is -0.468. The van der Waals surface area contributed by atoms with Crippen LogP contribution in [-0.4, -0.2) is 14.5 Å². The van der Waals surface area contributed by atoms with Gasteiger partial charge in [0.05, 0.1) is 0 Å². The number of hydrogen-bond donors (Lipinski definition) is 0. The van der Waals surface area contributed by atoms with Crippen molar-refractivity contribution in [3.63, 3.8) is 0 Å². The standard InChI is InChI=1S/C11H9Cl2N3O2/c1-7-14-5-11(16(17)18)15(7)6-8-2-3-9(12)4-10(8)13/h2-5H,6H2,1H3.